The van der Waals surface area contributed by atoms with Crippen molar-refractivity contribution in [2.75, 3.05) is 13.2 Å². The number of H-pyrrole nitrogens is 1. The van der Waals surface area contributed by atoms with Crippen LogP contribution in [-0.2, 0) is 0 Å². The van der Waals surface area contributed by atoms with Crippen LogP contribution >= 0.6 is 0 Å². The maximum absolute atomic E-state index is 5.41. The van der Waals surface area contributed by atoms with Gasteiger partial charge in [0.25, 0.3) is 0 Å². The van der Waals surface area contributed by atoms with Crippen molar-refractivity contribution in [2.45, 2.75) is 12.8 Å². The summed E-state index contributed by atoms with van der Waals surface area (Å²) in [6.07, 6.45) is 3.97. The number of ether oxygens (including phenoxy) is 2. The van der Waals surface area contributed by atoms with Gasteiger partial charge in [0, 0.05) is 12.3 Å². The van der Waals surface area contributed by atoms with Crippen LogP contribution in [0.2, 0.25) is 0 Å². The molecule has 1 aliphatic heterocycles. The van der Waals surface area contributed by atoms with E-state index in [1.54, 1.807) is 0 Å². The molecule has 0 unspecified atom stereocenters. The molecule has 60 valence electrons. The molecular formula is C8H11NO2. The Morgan fingerprint density at radius 2 is 2.00 bits per heavy atom. The van der Waals surface area contributed by atoms with Gasteiger partial charge in [-0.25, -0.2) is 0 Å². The van der Waals surface area contributed by atoms with Crippen LogP contribution in [0.1, 0.15) is 12.8 Å². The van der Waals surface area contributed by atoms with Gasteiger partial charge in [-0.3, -0.25) is 0 Å². The summed E-state index contributed by atoms with van der Waals surface area (Å²) >= 11 is 0. The van der Waals surface area contributed by atoms with Crippen LogP contribution in [0.25, 0.3) is 0 Å². The smallest absolute Gasteiger partial charge is 0.234 e. The second kappa shape index (κ2) is 2.86. The van der Waals surface area contributed by atoms with Gasteiger partial charge in [-0.05, 0) is 12.8 Å². The van der Waals surface area contributed by atoms with Crippen molar-refractivity contribution >= 4 is 0 Å². The third-order valence-corrected chi connectivity index (χ3v) is 1.72. The van der Waals surface area contributed by atoms with E-state index in [0.29, 0.717) is 0 Å². The van der Waals surface area contributed by atoms with Crippen LogP contribution in [0.15, 0.2) is 12.3 Å². The fourth-order valence-corrected chi connectivity index (χ4v) is 1.13. The highest BCUT2D eigenvalue weighted by atomic mass is 16.5. The highest BCUT2D eigenvalue weighted by Crippen LogP contribution is 2.26. The van der Waals surface area contributed by atoms with Crippen LogP contribution in [0.4, 0.5) is 0 Å². The number of nitrogens with one attached hydrogen (secondary N) is 1. The first-order valence-corrected chi connectivity index (χ1v) is 3.90. The summed E-state index contributed by atoms with van der Waals surface area (Å²) in [5, 5.41) is 0. The van der Waals surface area contributed by atoms with E-state index in [1.807, 2.05) is 12.3 Å². The molecule has 3 nitrogen and oxygen atoms in total. The number of hydrogen-bond acceptors (Lipinski definition) is 2. The Labute approximate surface area is 65.3 Å². The molecule has 1 aromatic rings. The van der Waals surface area contributed by atoms with Gasteiger partial charge in [-0.2, -0.15) is 0 Å². The molecule has 0 saturated carbocycles. The van der Waals surface area contributed by atoms with Crippen LogP contribution in [-0.4, -0.2) is 18.2 Å². The average Bonchev–Trinajstić information content (AvgIpc) is 2.35. The molecule has 0 spiro atoms. The monoisotopic (exact) mass is 153 g/mol. The lowest BCUT2D eigenvalue weighted by molar-refractivity contribution is 0.219. The molecule has 0 amide bonds. The van der Waals surface area contributed by atoms with E-state index in [1.165, 1.54) is 0 Å². The third-order valence-electron chi connectivity index (χ3n) is 1.72. The van der Waals surface area contributed by atoms with E-state index in [9.17, 15) is 0 Å². The van der Waals surface area contributed by atoms with Gasteiger partial charge in [0.05, 0.1) is 13.2 Å². The maximum Gasteiger partial charge on any atom is 0.234 e. The molecule has 2 heterocycles. The van der Waals surface area contributed by atoms with Crippen molar-refractivity contribution in [3.8, 4) is 11.6 Å². The second-order valence-electron chi connectivity index (χ2n) is 2.58. The number of fused-ring (bicyclic) bond motifs is 1. The molecule has 1 aliphatic rings. The van der Waals surface area contributed by atoms with Gasteiger partial charge in [0.2, 0.25) is 5.88 Å². The lowest BCUT2D eigenvalue weighted by Crippen LogP contribution is -2.07. The molecule has 0 radical (unpaired) electrons. The Bertz CT molecular complexity index is 209. The van der Waals surface area contributed by atoms with Crippen LogP contribution in [0.5, 0.6) is 11.6 Å². The quantitative estimate of drug-likeness (QED) is 0.613. The summed E-state index contributed by atoms with van der Waals surface area (Å²) in [4.78, 5) is 2.98. The van der Waals surface area contributed by atoms with Crippen molar-refractivity contribution < 1.29 is 9.47 Å². The van der Waals surface area contributed by atoms with Gasteiger partial charge >= 0.3 is 0 Å². The van der Waals surface area contributed by atoms with Crippen LogP contribution < -0.4 is 9.47 Å². The molecule has 0 aliphatic carbocycles. The number of aromatic nitrogens is 1. The molecule has 0 fully saturated rings. The zero-order chi connectivity index (χ0) is 7.52. The van der Waals surface area contributed by atoms with Crippen molar-refractivity contribution in [2.24, 2.45) is 0 Å². The predicted molar refractivity (Wildman–Crippen MR) is 41.0 cm³/mol. The molecule has 0 bridgehead atoms. The molecule has 1 aromatic heterocycles. The summed E-state index contributed by atoms with van der Waals surface area (Å²) < 4.78 is 10.8. The van der Waals surface area contributed by atoms with E-state index in [0.717, 1.165) is 37.7 Å². The molecular weight excluding hydrogens is 142 g/mol. The van der Waals surface area contributed by atoms with Gasteiger partial charge in [0.15, 0.2) is 5.75 Å². The molecule has 3 heteroatoms. The fourth-order valence-electron chi connectivity index (χ4n) is 1.13. The highest BCUT2D eigenvalue weighted by Gasteiger charge is 2.08. The SMILES string of the molecule is c1cc2c([nH]1)OCCCCO2. The minimum Gasteiger partial charge on any atom is -0.488 e. The Morgan fingerprint density at radius 1 is 1.18 bits per heavy atom. The second-order valence-corrected chi connectivity index (χ2v) is 2.58. The molecule has 0 saturated heterocycles. The lowest BCUT2D eigenvalue weighted by atomic mass is 10.3. The minimum absolute atomic E-state index is 0.768. The molecule has 11 heavy (non-hydrogen) atoms. The lowest BCUT2D eigenvalue weighted by Gasteiger charge is -2.11. The molecule has 1 N–H and O–H groups in total. The molecule has 2 rings (SSSR count). The van der Waals surface area contributed by atoms with Crippen LogP contribution in [0.3, 0.4) is 0 Å². The summed E-state index contributed by atoms with van der Waals surface area (Å²) in [6, 6.07) is 1.89. The summed E-state index contributed by atoms with van der Waals surface area (Å²) in [7, 11) is 0. The highest BCUT2D eigenvalue weighted by molar-refractivity contribution is 5.33. The summed E-state index contributed by atoms with van der Waals surface area (Å²) in [6.45, 7) is 1.59. The summed E-state index contributed by atoms with van der Waals surface area (Å²) in [5.74, 6) is 1.61. The zero-order valence-corrected chi connectivity index (χ0v) is 6.30. The van der Waals surface area contributed by atoms with Gasteiger partial charge < -0.3 is 14.5 Å². The largest absolute Gasteiger partial charge is 0.488 e. The third kappa shape index (κ3) is 1.31. The average molecular weight is 153 g/mol. The minimum atomic E-state index is 0.768. The number of rotatable bonds is 0. The Kier molecular flexibility index (Phi) is 1.71. The van der Waals surface area contributed by atoms with Crippen molar-refractivity contribution in [3.05, 3.63) is 12.3 Å². The van der Waals surface area contributed by atoms with Gasteiger partial charge in [0.1, 0.15) is 0 Å². The normalized spacial score (nSPS) is 17.1. The predicted octanol–water partition coefficient (Wildman–Crippen LogP) is 1.57. The van der Waals surface area contributed by atoms with Gasteiger partial charge in [-0.1, -0.05) is 0 Å². The first-order chi connectivity index (χ1) is 5.47. The van der Waals surface area contributed by atoms with Gasteiger partial charge in [-0.15, -0.1) is 0 Å². The maximum atomic E-state index is 5.41. The molecule has 0 atom stereocenters. The Morgan fingerprint density at radius 3 is 2.91 bits per heavy atom. The van der Waals surface area contributed by atoms with Crippen molar-refractivity contribution in [3.63, 3.8) is 0 Å². The van der Waals surface area contributed by atoms with Crippen molar-refractivity contribution in [1.29, 1.82) is 0 Å². The Hall–Kier alpha value is -1.12. The van der Waals surface area contributed by atoms with E-state index in [4.69, 9.17) is 9.47 Å². The summed E-state index contributed by atoms with van der Waals surface area (Å²) in [5.41, 5.74) is 0. The topological polar surface area (TPSA) is 34.2 Å². The first-order valence-electron chi connectivity index (χ1n) is 3.90. The Balaban J connectivity index is 2.18. The number of aromatic amines is 1. The van der Waals surface area contributed by atoms with Crippen LogP contribution in [0, 0.1) is 0 Å². The van der Waals surface area contributed by atoms with Crippen molar-refractivity contribution in [1.82, 2.24) is 4.98 Å². The number of hydrogen-bond donors (Lipinski definition) is 1. The fraction of sp³-hybridized carbons (Fsp3) is 0.500. The first kappa shape index (κ1) is 6.58. The van der Waals surface area contributed by atoms with E-state index in [2.05, 4.69) is 4.98 Å². The zero-order valence-electron chi connectivity index (χ0n) is 6.30. The van der Waals surface area contributed by atoms with E-state index >= 15 is 0 Å². The standard InChI is InChI=1S/C8H11NO2/c1-2-6-11-8-7(10-5-1)3-4-9-8/h3-4,9H,1-2,5-6H2. The van der Waals surface area contributed by atoms with E-state index in [-0.39, 0.29) is 0 Å². The van der Waals surface area contributed by atoms with E-state index < -0.39 is 0 Å². The molecule has 0 aromatic carbocycles.